The van der Waals surface area contributed by atoms with Gasteiger partial charge >= 0.3 is 5.97 Å². The molecule has 0 radical (unpaired) electrons. The molecule has 0 fully saturated rings. The Labute approximate surface area is 119 Å². The molecule has 112 valence electrons. The smallest absolute Gasteiger partial charge is 0.344 e. The van der Waals surface area contributed by atoms with Gasteiger partial charge in [-0.2, -0.15) is 0 Å². The summed E-state index contributed by atoms with van der Waals surface area (Å²) in [5.41, 5.74) is 6.43. The Hall–Kier alpha value is -1.75. The van der Waals surface area contributed by atoms with Crippen LogP contribution in [0.3, 0.4) is 0 Å². The van der Waals surface area contributed by atoms with Gasteiger partial charge in [-0.05, 0) is 18.9 Å². The second kappa shape index (κ2) is 8.43. The summed E-state index contributed by atoms with van der Waals surface area (Å²) < 4.78 is 11.1. The molecular formula is C15H23NO4. The quantitative estimate of drug-likeness (QED) is 0.727. The van der Waals surface area contributed by atoms with E-state index in [0.717, 1.165) is 18.4 Å². The molecule has 5 heteroatoms. The van der Waals surface area contributed by atoms with Gasteiger partial charge in [0.2, 0.25) is 0 Å². The predicted octanol–water partition coefficient (Wildman–Crippen LogP) is 2.57. The van der Waals surface area contributed by atoms with Crippen molar-refractivity contribution < 1.29 is 19.4 Å². The molecule has 3 N–H and O–H groups in total. The second-order valence-electron chi connectivity index (χ2n) is 4.56. The van der Waals surface area contributed by atoms with Crippen LogP contribution in [-0.4, -0.2) is 23.8 Å². The van der Waals surface area contributed by atoms with Gasteiger partial charge < -0.3 is 20.3 Å². The number of carbonyl (C=O) groups is 1. The molecule has 0 aliphatic rings. The van der Waals surface area contributed by atoms with Crippen molar-refractivity contribution in [2.24, 2.45) is 5.73 Å². The molecule has 0 aliphatic carbocycles. The van der Waals surface area contributed by atoms with Gasteiger partial charge in [-0.1, -0.05) is 26.3 Å². The van der Waals surface area contributed by atoms with E-state index in [1.807, 2.05) is 26.0 Å². The molecule has 0 aliphatic heterocycles. The van der Waals surface area contributed by atoms with Crippen LogP contribution < -0.4 is 15.2 Å². The first-order valence-corrected chi connectivity index (χ1v) is 6.97. The number of carboxylic acid groups (broad SMARTS) is 1. The first-order chi connectivity index (χ1) is 9.62. The van der Waals surface area contributed by atoms with Gasteiger partial charge in [-0.3, -0.25) is 0 Å². The molecule has 1 aromatic carbocycles. The average molecular weight is 281 g/mol. The zero-order chi connectivity index (χ0) is 15.0. The zero-order valence-corrected chi connectivity index (χ0v) is 12.1. The number of hydrogen-bond acceptors (Lipinski definition) is 4. The molecule has 1 aromatic rings. The molecule has 5 nitrogen and oxygen atoms in total. The van der Waals surface area contributed by atoms with Crippen LogP contribution >= 0.6 is 0 Å². The Morgan fingerprint density at radius 3 is 2.65 bits per heavy atom. The van der Waals surface area contributed by atoms with Crippen LogP contribution in [-0.2, 0) is 11.3 Å². The van der Waals surface area contributed by atoms with E-state index < -0.39 is 12.1 Å². The Morgan fingerprint density at radius 1 is 1.35 bits per heavy atom. The predicted molar refractivity (Wildman–Crippen MR) is 77.1 cm³/mol. The number of rotatable bonds is 9. The Bertz CT molecular complexity index is 434. The lowest BCUT2D eigenvalue weighted by Crippen LogP contribution is -2.27. The molecule has 0 aromatic heterocycles. The van der Waals surface area contributed by atoms with Crippen molar-refractivity contribution >= 4 is 5.97 Å². The van der Waals surface area contributed by atoms with Gasteiger partial charge in [0.15, 0.2) is 6.10 Å². The van der Waals surface area contributed by atoms with E-state index in [1.54, 1.807) is 6.07 Å². The molecule has 0 heterocycles. The van der Waals surface area contributed by atoms with E-state index >= 15 is 0 Å². The maximum absolute atomic E-state index is 11.2. The standard InChI is InChI=1S/C15H23NO4/c1-3-5-13(15(17)18)20-14-9-12(19-8-4-2)7-6-11(14)10-16/h6-7,9,13H,3-5,8,10,16H2,1-2H3,(H,17,18). The number of benzene rings is 1. The highest BCUT2D eigenvalue weighted by Gasteiger charge is 2.19. The minimum absolute atomic E-state index is 0.294. The molecule has 0 amide bonds. The van der Waals surface area contributed by atoms with E-state index in [0.29, 0.717) is 31.1 Å². The number of hydrogen-bond donors (Lipinski definition) is 2. The molecule has 0 saturated carbocycles. The normalized spacial score (nSPS) is 11.9. The van der Waals surface area contributed by atoms with Crippen molar-refractivity contribution in [1.82, 2.24) is 0 Å². The third-order valence-electron chi connectivity index (χ3n) is 2.83. The maximum Gasteiger partial charge on any atom is 0.344 e. The molecule has 20 heavy (non-hydrogen) atoms. The molecule has 0 bridgehead atoms. The topological polar surface area (TPSA) is 81.8 Å². The molecule has 1 atom stereocenters. The SMILES string of the molecule is CCCOc1ccc(CN)c(OC(CCC)C(=O)O)c1. The van der Waals surface area contributed by atoms with E-state index in [2.05, 4.69) is 0 Å². The Morgan fingerprint density at radius 2 is 2.10 bits per heavy atom. The summed E-state index contributed by atoms with van der Waals surface area (Å²) in [6, 6.07) is 5.34. The fourth-order valence-electron chi connectivity index (χ4n) is 1.77. The van der Waals surface area contributed by atoms with Gasteiger partial charge in [-0.25, -0.2) is 4.79 Å². The summed E-state index contributed by atoms with van der Waals surface area (Å²) in [5.74, 6) is 0.191. The number of aliphatic carboxylic acids is 1. The van der Waals surface area contributed by atoms with Crippen molar-refractivity contribution in [2.75, 3.05) is 6.61 Å². The lowest BCUT2D eigenvalue weighted by atomic mass is 10.1. The number of carboxylic acids is 1. The van der Waals surface area contributed by atoms with Crippen molar-refractivity contribution in [1.29, 1.82) is 0 Å². The highest BCUT2D eigenvalue weighted by molar-refractivity contribution is 5.72. The van der Waals surface area contributed by atoms with E-state index in [1.165, 1.54) is 0 Å². The third kappa shape index (κ3) is 4.74. The van der Waals surface area contributed by atoms with Crippen LogP contribution in [0.2, 0.25) is 0 Å². The van der Waals surface area contributed by atoms with Crippen molar-refractivity contribution in [2.45, 2.75) is 45.8 Å². The van der Waals surface area contributed by atoms with Crippen molar-refractivity contribution in [3.63, 3.8) is 0 Å². The second-order valence-corrected chi connectivity index (χ2v) is 4.56. The fourth-order valence-corrected chi connectivity index (χ4v) is 1.77. The molecular weight excluding hydrogens is 258 g/mol. The van der Waals surface area contributed by atoms with E-state index in [-0.39, 0.29) is 0 Å². The van der Waals surface area contributed by atoms with E-state index in [4.69, 9.17) is 20.3 Å². The summed E-state index contributed by atoms with van der Waals surface area (Å²) >= 11 is 0. The molecule has 0 saturated heterocycles. The first kappa shape index (κ1) is 16.3. The van der Waals surface area contributed by atoms with Crippen molar-refractivity contribution in [3.05, 3.63) is 23.8 Å². The summed E-state index contributed by atoms with van der Waals surface area (Å²) in [5, 5.41) is 9.15. The first-order valence-electron chi connectivity index (χ1n) is 6.97. The Balaban J connectivity index is 2.91. The van der Waals surface area contributed by atoms with Gasteiger partial charge in [0.25, 0.3) is 0 Å². The lowest BCUT2D eigenvalue weighted by Gasteiger charge is -2.17. The highest BCUT2D eigenvalue weighted by atomic mass is 16.5. The van der Waals surface area contributed by atoms with Gasteiger partial charge in [-0.15, -0.1) is 0 Å². The minimum atomic E-state index is -0.963. The van der Waals surface area contributed by atoms with Crippen molar-refractivity contribution in [3.8, 4) is 11.5 Å². The van der Waals surface area contributed by atoms with E-state index in [9.17, 15) is 4.79 Å². The fraction of sp³-hybridized carbons (Fsp3) is 0.533. The number of ether oxygens (including phenoxy) is 2. The Kier molecular flexibility index (Phi) is 6.87. The third-order valence-corrected chi connectivity index (χ3v) is 2.83. The molecule has 0 spiro atoms. The van der Waals surface area contributed by atoms with Crippen LogP contribution in [0.25, 0.3) is 0 Å². The van der Waals surface area contributed by atoms with Gasteiger partial charge in [0.1, 0.15) is 11.5 Å². The average Bonchev–Trinajstić information content (AvgIpc) is 2.44. The van der Waals surface area contributed by atoms with Crippen LogP contribution in [0, 0.1) is 0 Å². The van der Waals surface area contributed by atoms with Crippen LogP contribution in [0.4, 0.5) is 0 Å². The summed E-state index contributed by atoms with van der Waals surface area (Å²) in [4.78, 5) is 11.2. The van der Waals surface area contributed by atoms with Crippen LogP contribution in [0.15, 0.2) is 18.2 Å². The monoisotopic (exact) mass is 281 g/mol. The van der Waals surface area contributed by atoms with Crippen LogP contribution in [0.1, 0.15) is 38.7 Å². The largest absolute Gasteiger partial charge is 0.493 e. The lowest BCUT2D eigenvalue weighted by molar-refractivity contribution is -0.145. The maximum atomic E-state index is 11.2. The minimum Gasteiger partial charge on any atom is -0.493 e. The summed E-state index contributed by atoms with van der Waals surface area (Å²) in [7, 11) is 0. The zero-order valence-electron chi connectivity index (χ0n) is 12.1. The summed E-state index contributed by atoms with van der Waals surface area (Å²) in [6.07, 6.45) is 1.25. The van der Waals surface area contributed by atoms with Gasteiger partial charge in [0.05, 0.1) is 6.61 Å². The van der Waals surface area contributed by atoms with Crippen LogP contribution in [0.5, 0.6) is 11.5 Å². The highest BCUT2D eigenvalue weighted by Crippen LogP contribution is 2.26. The molecule has 1 rings (SSSR count). The molecule has 1 unspecified atom stereocenters. The number of nitrogens with two attached hydrogens (primary N) is 1. The van der Waals surface area contributed by atoms with Gasteiger partial charge in [0, 0.05) is 18.2 Å². The summed E-state index contributed by atoms with van der Waals surface area (Å²) in [6.45, 7) is 4.85.